The van der Waals surface area contributed by atoms with Gasteiger partial charge in [-0.1, -0.05) is 30.3 Å². The lowest BCUT2D eigenvalue weighted by Gasteiger charge is -2.11. The van der Waals surface area contributed by atoms with Crippen LogP contribution in [0.5, 0.6) is 0 Å². The average molecular weight is 319 g/mol. The third-order valence-corrected chi connectivity index (χ3v) is 3.98. The van der Waals surface area contributed by atoms with Crippen LogP contribution in [0.15, 0.2) is 65.6 Å². The summed E-state index contributed by atoms with van der Waals surface area (Å²) in [5.41, 5.74) is 1.37. The molecule has 0 aliphatic rings. The molecule has 0 aliphatic heterocycles. The minimum Gasteiger partial charge on any atom is -0.365 e. The van der Waals surface area contributed by atoms with Gasteiger partial charge in [0, 0.05) is 23.5 Å². The number of pyridine rings is 2. The number of benzene rings is 2. The highest BCUT2D eigenvalue weighted by Gasteiger charge is 2.11. The highest BCUT2D eigenvalue weighted by Crippen LogP contribution is 2.28. The fourth-order valence-corrected chi connectivity index (χ4v) is 2.85. The highest BCUT2D eigenvalue weighted by atomic mass is 19.1. The summed E-state index contributed by atoms with van der Waals surface area (Å²) in [7, 11) is 0. The molecule has 0 saturated carbocycles. The first-order valence-electron chi connectivity index (χ1n) is 7.61. The maximum Gasteiger partial charge on any atom is 0.258 e. The second-order valence-corrected chi connectivity index (χ2v) is 5.56. The Labute approximate surface area is 137 Å². The molecule has 0 spiro atoms. The molecule has 4 aromatic rings. The predicted octanol–water partition coefficient (Wildman–Crippen LogP) is 3.83. The van der Waals surface area contributed by atoms with E-state index in [1.807, 2.05) is 30.3 Å². The van der Waals surface area contributed by atoms with Crippen LogP contribution in [0.3, 0.4) is 0 Å². The lowest BCUT2D eigenvalue weighted by Crippen LogP contribution is -2.08. The van der Waals surface area contributed by atoms with Gasteiger partial charge in [-0.2, -0.15) is 0 Å². The number of hydrogen-bond acceptors (Lipinski definition) is 3. The van der Waals surface area contributed by atoms with Crippen molar-refractivity contribution in [2.75, 3.05) is 5.32 Å². The van der Waals surface area contributed by atoms with Crippen molar-refractivity contribution in [3.05, 3.63) is 82.5 Å². The predicted molar refractivity (Wildman–Crippen MR) is 93.6 cm³/mol. The molecule has 118 valence electrons. The molecule has 2 heterocycles. The SMILES string of the molecule is O=c1[nH]ccc2nc(NCc3ccccc3)c3ccc(F)cc3c12. The highest BCUT2D eigenvalue weighted by molar-refractivity contribution is 6.09. The molecular formula is C19H14FN3O. The van der Waals surface area contributed by atoms with E-state index in [-0.39, 0.29) is 11.4 Å². The number of anilines is 1. The summed E-state index contributed by atoms with van der Waals surface area (Å²) in [6.45, 7) is 0.592. The van der Waals surface area contributed by atoms with E-state index in [2.05, 4.69) is 15.3 Å². The average Bonchev–Trinajstić information content (AvgIpc) is 2.60. The number of aromatic amines is 1. The quantitative estimate of drug-likeness (QED) is 0.564. The first-order valence-corrected chi connectivity index (χ1v) is 7.61. The van der Waals surface area contributed by atoms with Gasteiger partial charge in [-0.25, -0.2) is 9.37 Å². The van der Waals surface area contributed by atoms with Crippen molar-refractivity contribution in [3.63, 3.8) is 0 Å². The third-order valence-electron chi connectivity index (χ3n) is 3.98. The normalized spacial score (nSPS) is 11.0. The standard InChI is InChI=1S/C19H14FN3O/c20-13-6-7-14-15(10-13)17-16(8-9-21-19(17)24)23-18(14)22-11-12-4-2-1-3-5-12/h1-10H,11H2,(H,21,24)(H,22,23). The van der Waals surface area contributed by atoms with Gasteiger partial charge in [-0.15, -0.1) is 0 Å². The Balaban J connectivity index is 1.89. The molecule has 0 fully saturated rings. The van der Waals surface area contributed by atoms with Crippen LogP contribution in [0, 0.1) is 5.82 Å². The summed E-state index contributed by atoms with van der Waals surface area (Å²) in [6.07, 6.45) is 1.55. The molecule has 5 heteroatoms. The van der Waals surface area contributed by atoms with Gasteiger partial charge in [0.05, 0.1) is 10.9 Å². The van der Waals surface area contributed by atoms with Crippen LogP contribution in [0.4, 0.5) is 10.2 Å². The smallest absolute Gasteiger partial charge is 0.258 e. The number of fused-ring (bicyclic) bond motifs is 3. The summed E-state index contributed by atoms with van der Waals surface area (Å²) in [6, 6.07) is 16.0. The van der Waals surface area contributed by atoms with E-state index in [1.165, 1.54) is 12.1 Å². The van der Waals surface area contributed by atoms with E-state index >= 15 is 0 Å². The minimum absolute atomic E-state index is 0.273. The zero-order valence-electron chi connectivity index (χ0n) is 12.7. The summed E-state index contributed by atoms with van der Waals surface area (Å²) >= 11 is 0. The zero-order valence-corrected chi connectivity index (χ0v) is 12.7. The third kappa shape index (κ3) is 2.50. The second kappa shape index (κ2) is 5.77. The van der Waals surface area contributed by atoms with Gasteiger partial charge in [0.2, 0.25) is 0 Å². The summed E-state index contributed by atoms with van der Waals surface area (Å²) in [4.78, 5) is 19.3. The van der Waals surface area contributed by atoms with Crippen molar-refractivity contribution in [2.45, 2.75) is 6.54 Å². The maximum absolute atomic E-state index is 13.7. The van der Waals surface area contributed by atoms with E-state index in [0.29, 0.717) is 28.7 Å². The number of halogens is 1. The van der Waals surface area contributed by atoms with Gasteiger partial charge in [0.25, 0.3) is 5.56 Å². The topological polar surface area (TPSA) is 57.8 Å². The number of nitrogens with zero attached hydrogens (tertiary/aromatic N) is 1. The van der Waals surface area contributed by atoms with Gasteiger partial charge in [0.15, 0.2) is 0 Å². The van der Waals surface area contributed by atoms with Crippen LogP contribution < -0.4 is 10.9 Å². The van der Waals surface area contributed by atoms with Crippen LogP contribution in [-0.4, -0.2) is 9.97 Å². The number of rotatable bonds is 3. The van der Waals surface area contributed by atoms with Gasteiger partial charge < -0.3 is 10.3 Å². The fourth-order valence-electron chi connectivity index (χ4n) is 2.85. The number of hydrogen-bond donors (Lipinski definition) is 2. The molecule has 0 saturated heterocycles. The van der Waals surface area contributed by atoms with E-state index in [4.69, 9.17) is 0 Å². The molecule has 0 radical (unpaired) electrons. The lowest BCUT2D eigenvalue weighted by atomic mass is 10.1. The molecule has 0 unspecified atom stereocenters. The van der Waals surface area contributed by atoms with Gasteiger partial charge in [-0.05, 0) is 29.8 Å². The lowest BCUT2D eigenvalue weighted by molar-refractivity contribution is 0.630. The molecule has 0 amide bonds. The van der Waals surface area contributed by atoms with Crippen LogP contribution in [0.25, 0.3) is 21.7 Å². The van der Waals surface area contributed by atoms with Crippen molar-refractivity contribution in [2.24, 2.45) is 0 Å². The first-order chi connectivity index (χ1) is 11.7. The summed E-state index contributed by atoms with van der Waals surface area (Å²) in [5, 5.41) is 4.96. The molecular weight excluding hydrogens is 305 g/mol. The monoisotopic (exact) mass is 319 g/mol. The van der Waals surface area contributed by atoms with Crippen LogP contribution in [0.2, 0.25) is 0 Å². The molecule has 2 N–H and O–H groups in total. The van der Waals surface area contributed by atoms with E-state index in [0.717, 1.165) is 10.9 Å². The molecule has 4 nitrogen and oxygen atoms in total. The molecule has 0 bridgehead atoms. The van der Waals surface area contributed by atoms with Gasteiger partial charge >= 0.3 is 0 Å². The van der Waals surface area contributed by atoms with Crippen LogP contribution in [-0.2, 0) is 6.54 Å². The van der Waals surface area contributed by atoms with Crippen molar-refractivity contribution in [1.82, 2.24) is 9.97 Å². The minimum atomic E-state index is -0.382. The Morgan fingerprint density at radius 2 is 1.88 bits per heavy atom. The van der Waals surface area contributed by atoms with E-state index in [1.54, 1.807) is 18.3 Å². The molecule has 0 aliphatic carbocycles. The Morgan fingerprint density at radius 3 is 2.71 bits per heavy atom. The van der Waals surface area contributed by atoms with Crippen molar-refractivity contribution in [3.8, 4) is 0 Å². The first kappa shape index (κ1) is 14.4. The van der Waals surface area contributed by atoms with Crippen LogP contribution >= 0.6 is 0 Å². The Kier molecular flexibility index (Phi) is 3.46. The maximum atomic E-state index is 13.7. The van der Waals surface area contributed by atoms with E-state index in [9.17, 15) is 9.18 Å². The van der Waals surface area contributed by atoms with Gasteiger partial charge in [0.1, 0.15) is 11.6 Å². The zero-order chi connectivity index (χ0) is 16.5. The van der Waals surface area contributed by atoms with Crippen LogP contribution in [0.1, 0.15) is 5.56 Å². The van der Waals surface area contributed by atoms with Crippen molar-refractivity contribution >= 4 is 27.5 Å². The molecule has 0 atom stereocenters. The molecule has 2 aromatic heterocycles. The fraction of sp³-hybridized carbons (Fsp3) is 0.0526. The number of nitrogens with one attached hydrogen (secondary N) is 2. The number of aromatic nitrogens is 2. The molecule has 4 rings (SSSR count). The summed E-state index contributed by atoms with van der Waals surface area (Å²) < 4.78 is 13.7. The Bertz CT molecular complexity index is 1090. The van der Waals surface area contributed by atoms with Crippen molar-refractivity contribution < 1.29 is 4.39 Å². The van der Waals surface area contributed by atoms with Gasteiger partial charge in [-0.3, -0.25) is 4.79 Å². The summed E-state index contributed by atoms with van der Waals surface area (Å²) in [5.74, 6) is 0.249. The largest absolute Gasteiger partial charge is 0.365 e. The van der Waals surface area contributed by atoms with Crippen molar-refractivity contribution in [1.29, 1.82) is 0 Å². The molecule has 2 aromatic carbocycles. The second-order valence-electron chi connectivity index (χ2n) is 5.56. The number of H-pyrrole nitrogens is 1. The molecule has 24 heavy (non-hydrogen) atoms. The Hall–Kier alpha value is -3.21. The Morgan fingerprint density at radius 1 is 1.04 bits per heavy atom. The van der Waals surface area contributed by atoms with E-state index < -0.39 is 0 Å².